The molecule has 0 aliphatic carbocycles. The average Bonchev–Trinajstić information content (AvgIpc) is 2.85. The number of hydrogen-bond donors (Lipinski definition) is 2. The molecule has 0 aliphatic rings. The third-order valence-corrected chi connectivity index (χ3v) is 6.36. The molecule has 1 unspecified atom stereocenters. The van der Waals surface area contributed by atoms with Gasteiger partial charge in [-0.1, -0.05) is 49.0 Å². The van der Waals surface area contributed by atoms with Crippen LogP contribution in [0.5, 0.6) is 5.75 Å². The van der Waals surface area contributed by atoms with E-state index in [9.17, 15) is 9.59 Å². The van der Waals surface area contributed by atoms with Crippen LogP contribution in [0, 0.1) is 0 Å². The van der Waals surface area contributed by atoms with Gasteiger partial charge < -0.3 is 15.4 Å². The lowest BCUT2D eigenvalue weighted by Crippen LogP contribution is -2.45. The van der Waals surface area contributed by atoms with Crippen LogP contribution in [0.25, 0.3) is 0 Å². The van der Waals surface area contributed by atoms with Crippen LogP contribution >= 0.6 is 27.7 Å². The molecule has 3 rings (SSSR count). The number of nitrogens with one attached hydrogen (secondary N) is 2. The van der Waals surface area contributed by atoms with Gasteiger partial charge in [0.2, 0.25) is 5.91 Å². The van der Waals surface area contributed by atoms with Gasteiger partial charge in [-0.05, 0) is 59.1 Å². The molecule has 1 aromatic heterocycles. The summed E-state index contributed by atoms with van der Waals surface area (Å²) in [6, 6.07) is 15.8. The lowest BCUT2D eigenvalue weighted by atomic mass is 10.0. The summed E-state index contributed by atoms with van der Waals surface area (Å²) in [5.74, 6) is 0.798. The van der Waals surface area contributed by atoms with Gasteiger partial charge in [0.15, 0.2) is 5.16 Å². The Labute approximate surface area is 212 Å². The van der Waals surface area contributed by atoms with E-state index in [1.807, 2.05) is 37.3 Å². The predicted molar refractivity (Wildman–Crippen MR) is 138 cm³/mol. The largest absolute Gasteiger partial charge is 0.494 e. The predicted octanol–water partition coefficient (Wildman–Crippen LogP) is 5.12. The molecule has 0 radical (unpaired) electrons. The first-order chi connectivity index (χ1) is 16.5. The van der Waals surface area contributed by atoms with Crippen molar-refractivity contribution < 1.29 is 14.3 Å². The molecule has 0 fully saturated rings. The molecule has 2 N–H and O–H groups in total. The number of benzene rings is 2. The molecule has 2 amide bonds. The Balaban J connectivity index is 1.78. The zero-order valence-electron chi connectivity index (χ0n) is 19.1. The Kier molecular flexibility index (Phi) is 9.90. The summed E-state index contributed by atoms with van der Waals surface area (Å²) >= 11 is 4.84. The van der Waals surface area contributed by atoms with Crippen LogP contribution < -0.4 is 15.4 Å². The fourth-order valence-electron chi connectivity index (χ4n) is 3.09. The minimum atomic E-state index is -0.810. The highest BCUT2D eigenvalue weighted by molar-refractivity contribution is 9.10. The van der Waals surface area contributed by atoms with Crippen LogP contribution in [0.2, 0.25) is 0 Å². The summed E-state index contributed by atoms with van der Waals surface area (Å²) in [7, 11) is 0. The summed E-state index contributed by atoms with van der Waals surface area (Å²) in [6.07, 6.45) is 2.86. The van der Waals surface area contributed by atoms with Crippen LogP contribution in [0.1, 0.15) is 36.3 Å². The summed E-state index contributed by atoms with van der Waals surface area (Å²) in [6.45, 7) is 4.54. The molecule has 0 bridgehead atoms. The van der Waals surface area contributed by atoms with E-state index >= 15 is 0 Å². The van der Waals surface area contributed by atoms with Gasteiger partial charge in [0.1, 0.15) is 17.5 Å². The van der Waals surface area contributed by atoms with E-state index in [0.29, 0.717) is 28.3 Å². The first-order valence-electron chi connectivity index (χ1n) is 11.0. The Morgan fingerprint density at radius 1 is 1.09 bits per heavy atom. The van der Waals surface area contributed by atoms with E-state index in [0.717, 1.165) is 23.5 Å². The first kappa shape index (κ1) is 25.7. The number of carbonyl (C=O) groups is 2. The number of nitrogens with zero attached hydrogens (tertiary/aromatic N) is 2. The van der Waals surface area contributed by atoms with Crippen molar-refractivity contribution in [2.75, 3.05) is 17.7 Å². The molecule has 0 saturated heterocycles. The van der Waals surface area contributed by atoms with E-state index in [2.05, 4.69) is 43.5 Å². The van der Waals surface area contributed by atoms with Gasteiger partial charge in [0.25, 0.3) is 5.91 Å². The molecule has 1 heterocycles. The van der Waals surface area contributed by atoms with Gasteiger partial charge in [-0.15, -0.1) is 0 Å². The highest BCUT2D eigenvalue weighted by Gasteiger charge is 2.24. The Morgan fingerprint density at radius 2 is 1.82 bits per heavy atom. The highest BCUT2D eigenvalue weighted by atomic mass is 79.9. The molecule has 0 spiro atoms. The lowest BCUT2D eigenvalue weighted by molar-refractivity contribution is -0.118. The standard InChI is InChI=1S/C25H27BrN4O3S/c1-3-14-34-25-27-16-20(26)22(30-25)24(32)29-21(15-17-8-6-5-7-9-17)23(31)28-18-10-12-19(13-11-18)33-4-2/h5-13,16,21H,3-4,14-15H2,1-2H3,(H,28,31)(H,29,32). The number of anilines is 1. The number of amides is 2. The van der Waals surface area contributed by atoms with Crippen molar-refractivity contribution in [3.63, 3.8) is 0 Å². The fraction of sp³-hybridized carbons (Fsp3) is 0.280. The van der Waals surface area contributed by atoms with Gasteiger partial charge in [-0.25, -0.2) is 9.97 Å². The number of rotatable bonds is 11. The molecule has 178 valence electrons. The van der Waals surface area contributed by atoms with Crippen molar-refractivity contribution in [1.29, 1.82) is 0 Å². The highest BCUT2D eigenvalue weighted by Crippen LogP contribution is 2.20. The smallest absolute Gasteiger partial charge is 0.271 e. The zero-order chi connectivity index (χ0) is 24.3. The molecule has 34 heavy (non-hydrogen) atoms. The fourth-order valence-corrected chi connectivity index (χ4v) is 4.13. The van der Waals surface area contributed by atoms with Crippen molar-refractivity contribution in [3.05, 3.63) is 76.5 Å². The van der Waals surface area contributed by atoms with Crippen LogP contribution in [0.15, 0.2) is 70.4 Å². The molecule has 0 aliphatic heterocycles. The van der Waals surface area contributed by atoms with Gasteiger partial charge in [0, 0.05) is 24.1 Å². The van der Waals surface area contributed by atoms with Gasteiger partial charge in [-0.3, -0.25) is 9.59 Å². The van der Waals surface area contributed by atoms with Crippen molar-refractivity contribution in [2.24, 2.45) is 0 Å². The van der Waals surface area contributed by atoms with E-state index in [4.69, 9.17) is 4.74 Å². The second-order valence-electron chi connectivity index (χ2n) is 7.36. The van der Waals surface area contributed by atoms with Crippen LogP contribution in [0.4, 0.5) is 5.69 Å². The van der Waals surface area contributed by atoms with Crippen LogP contribution in [0.3, 0.4) is 0 Å². The number of carbonyl (C=O) groups excluding carboxylic acids is 2. The van der Waals surface area contributed by atoms with Crippen molar-refractivity contribution >= 4 is 45.2 Å². The molecule has 1 atom stereocenters. The van der Waals surface area contributed by atoms with E-state index in [1.165, 1.54) is 11.8 Å². The second-order valence-corrected chi connectivity index (χ2v) is 9.28. The van der Waals surface area contributed by atoms with Crippen molar-refractivity contribution in [3.8, 4) is 5.75 Å². The maximum atomic E-state index is 13.2. The molecule has 2 aromatic carbocycles. The summed E-state index contributed by atoms with van der Waals surface area (Å²) in [5, 5.41) is 6.26. The van der Waals surface area contributed by atoms with E-state index in [1.54, 1.807) is 30.5 Å². The number of hydrogen-bond acceptors (Lipinski definition) is 6. The SMILES string of the molecule is CCCSc1ncc(Br)c(C(=O)NC(Cc2ccccc2)C(=O)Nc2ccc(OCC)cc2)n1. The zero-order valence-corrected chi connectivity index (χ0v) is 21.5. The van der Waals surface area contributed by atoms with E-state index < -0.39 is 11.9 Å². The Hall–Kier alpha value is -2.91. The minimum Gasteiger partial charge on any atom is -0.494 e. The first-order valence-corrected chi connectivity index (χ1v) is 12.8. The third kappa shape index (κ3) is 7.56. The van der Waals surface area contributed by atoms with Gasteiger partial charge >= 0.3 is 0 Å². The quantitative estimate of drug-likeness (QED) is 0.258. The minimum absolute atomic E-state index is 0.195. The second kappa shape index (κ2) is 13.1. The molecule has 9 heteroatoms. The van der Waals surface area contributed by atoms with E-state index in [-0.39, 0.29) is 11.6 Å². The number of halogens is 1. The Morgan fingerprint density at radius 3 is 2.50 bits per heavy atom. The number of thioether (sulfide) groups is 1. The molecule has 3 aromatic rings. The van der Waals surface area contributed by atoms with Gasteiger partial charge in [0.05, 0.1) is 11.1 Å². The summed E-state index contributed by atoms with van der Waals surface area (Å²) in [5.41, 5.74) is 1.73. The van der Waals surface area contributed by atoms with Crippen molar-refractivity contribution in [2.45, 2.75) is 37.9 Å². The summed E-state index contributed by atoms with van der Waals surface area (Å²) < 4.78 is 5.92. The lowest BCUT2D eigenvalue weighted by Gasteiger charge is -2.19. The average molecular weight is 543 g/mol. The van der Waals surface area contributed by atoms with Crippen molar-refractivity contribution in [1.82, 2.24) is 15.3 Å². The monoisotopic (exact) mass is 542 g/mol. The molecule has 0 saturated carbocycles. The molecule has 7 nitrogen and oxygen atoms in total. The maximum absolute atomic E-state index is 13.2. The van der Waals surface area contributed by atoms with Gasteiger partial charge in [-0.2, -0.15) is 0 Å². The summed E-state index contributed by atoms with van der Waals surface area (Å²) in [4.78, 5) is 35.0. The molecular weight excluding hydrogens is 516 g/mol. The number of ether oxygens (including phenoxy) is 1. The topological polar surface area (TPSA) is 93.2 Å². The van der Waals surface area contributed by atoms with Crippen LogP contribution in [-0.4, -0.2) is 40.2 Å². The maximum Gasteiger partial charge on any atom is 0.271 e. The normalized spacial score (nSPS) is 11.5. The molecular formula is C25H27BrN4O3S. The Bertz CT molecular complexity index is 1100. The van der Waals surface area contributed by atoms with Crippen LogP contribution in [-0.2, 0) is 11.2 Å². The number of aromatic nitrogens is 2. The third-order valence-electron chi connectivity index (χ3n) is 4.71.